The second-order valence-corrected chi connectivity index (χ2v) is 5.90. The fourth-order valence-corrected chi connectivity index (χ4v) is 2.99. The fraction of sp³-hybridized carbons (Fsp3) is 0.667. The molecule has 1 aliphatic carbocycles. The molecule has 0 saturated carbocycles. The number of aryl methyl sites for hydroxylation is 1. The maximum atomic E-state index is 11.3. The Labute approximate surface area is 109 Å². The van der Waals surface area contributed by atoms with E-state index in [4.69, 9.17) is 0 Å². The molecule has 100 valence electrons. The lowest BCUT2D eigenvalue weighted by Crippen LogP contribution is -2.34. The summed E-state index contributed by atoms with van der Waals surface area (Å²) in [4.78, 5) is 14.3. The van der Waals surface area contributed by atoms with Gasteiger partial charge in [0.25, 0.3) is 0 Å². The summed E-state index contributed by atoms with van der Waals surface area (Å²) in [6.07, 6.45) is 4.51. The van der Waals surface area contributed by atoms with E-state index in [2.05, 4.69) is 31.1 Å². The Morgan fingerprint density at radius 1 is 1.39 bits per heavy atom. The average Bonchev–Trinajstić information content (AvgIpc) is 2.27. The van der Waals surface area contributed by atoms with Crippen molar-refractivity contribution in [2.75, 3.05) is 0 Å². The predicted molar refractivity (Wildman–Crippen MR) is 74.8 cm³/mol. The van der Waals surface area contributed by atoms with Crippen LogP contribution in [0.15, 0.2) is 16.9 Å². The molecule has 0 amide bonds. The quantitative estimate of drug-likeness (QED) is 0.860. The van der Waals surface area contributed by atoms with E-state index in [0.29, 0.717) is 18.0 Å². The van der Waals surface area contributed by atoms with Crippen molar-refractivity contribution in [3.05, 3.63) is 33.7 Å². The predicted octanol–water partition coefficient (Wildman–Crippen LogP) is 2.78. The van der Waals surface area contributed by atoms with Gasteiger partial charge in [-0.1, -0.05) is 19.9 Å². The third-order valence-electron chi connectivity index (χ3n) is 3.64. The standard InChI is InChI=1S/C15H24N2O/c1-10(2)9-11(3)16-13-5-4-6-14-12(13)7-8-15(18)17-14/h7-8,10-11,13,16H,4-6,9H2,1-3H3,(H,17,18). The zero-order chi connectivity index (χ0) is 13.1. The van der Waals surface area contributed by atoms with E-state index in [1.807, 2.05) is 6.07 Å². The second kappa shape index (κ2) is 5.70. The molecule has 0 saturated heterocycles. The number of pyridine rings is 1. The van der Waals surface area contributed by atoms with Crippen LogP contribution >= 0.6 is 0 Å². The number of aromatic amines is 1. The van der Waals surface area contributed by atoms with Gasteiger partial charge in [0.2, 0.25) is 5.56 Å². The van der Waals surface area contributed by atoms with Gasteiger partial charge in [-0.3, -0.25) is 4.79 Å². The Morgan fingerprint density at radius 2 is 2.17 bits per heavy atom. The molecule has 1 heterocycles. The Bertz CT molecular complexity index is 450. The van der Waals surface area contributed by atoms with E-state index in [9.17, 15) is 4.79 Å². The van der Waals surface area contributed by atoms with Gasteiger partial charge in [0.05, 0.1) is 0 Å². The van der Waals surface area contributed by atoms with Gasteiger partial charge in [-0.25, -0.2) is 0 Å². The van der Waals surface area contributed by atoms with Crippen molar-refractivity contribution in [1.82, 2.24) is 10.3 Å². The van der Waals surface area contributed by atoms with Crippen molar-refractivity contribution in [2.24, 2.45) is 5.92 Å². The highest BCUT2D eigenvalue weighted by molar-refractivity contribution is 5.26. The molecule has 0 fully saturated rings. The highest BCUT2D eigenvalue weighted by Crippen LogP contribution is 2.28. The molecule has 2 unspecified atom stereocenters. The van der Waals surface area contributed by atoms with Crippen LogP contribution in [0.4, 0.5) is 0 Å². The first-order valence-electron chi connectivity index (χ1n) is 7.04. The lowest BCUT2D eigenvalue weighted by Gasteiger charge is -2.29. The molecule has 18 heavy (non-hydrogen) atoms. The van der Waals surface area contributed by atoms with E-state index in [0.717, 1.165) is 18.5 Å². The SMILES string of the molecule is CC(C)CC(C)NC1CCCc2[nH]c(=O)ccc21. The number of hydrogen-bond acceptors (Lipinski definition) is 2. The van der Waals surface area contributed by atoms with Crippen LogP contribution in [0.25, 0.3) is 0 Å². The van der Waals surface area contributed by atoms with Crippen LogP contribution in [0.5, 0.6) is 0 Å². The van der Waals surface area contributed by atoms with Gasteiger partial charge in [-0.05, 0) is 44.1 Å². The molecule has 3 nitrogen and oxygen atoms in total. The minimum absolute atomic E-state index is 0.0182. The van der Waals surface area contributed by atoms with Gasteiger partial charge in [0.15, 0.2) is 0 Å². The molecule has 0 aliphatic heterocycles. The molecule has 2 N–H and O–H groups in total. The summed E-state index contributed by atoms with van der Waals surface area (Å²) < 4.78 is 0. The fourth-order valence-electron chi connectivity index (χ4n) is 2.99. The molecule has 1 aromatic rings. The van der Waals surface area contributed by atoms with Gasteiger partial charge in [0.1, 0.15) is 0 Å². The van der Waals surface area contributed by atoms with Crippen molar-refractivity contribution in [3.63, 3.8) is 0 Å². The van der Waals surface area contributed by atoms with E-state index >= 15 is 0 Å². The normalized spacial score (nSPS) is 20.8. The summed E-state index contributed by atoms with van der Waals surface area (Å²) in [6.45, 7) is 6.76. The van der Waals surface area contributed by atoms with E-state index in [-0.39, 0.29) is 5.56 Å². The number of H-pyrrole nitrogens is 1. The summed E-state index contributed by atoms with van der Waals surface area (Å²) in [6, 6.07) is 4.56. The average molecular weight is 248 g/mol. The highest BCUT2D eigenvalue weighted by Gasteiger charge is 2.22. The minimum atomic E-state index is 0.0182. The van der Waals surface area contributed by atoms with E-state index in [1.165, 1.54) is 18.4 Å². The molecule has 2 rings (SSSR count). The summed E-state index contributed by atoms with van der Waals surface area (Å²) in [7, 11) is 0. The van der Waals surface area contributed by atoms with Crippen molar-refractivity contribution >= 4 is 0 Å². The summed E-state index contributed by atoms with van der Waals surface area (Å²) >= 11 is 0. The first kappa shape index (κ1) is 13.3. The Kier molecular flexibility index (Phi) is 4.23. The highest BCUT2D eigenvalue weighted by atomic mass is 16.1. The van der Waals surface area contributed by atoms with Crippen LogP contribution in [-0.2, 0) is 6.42 Å². The van der Waals surface area contributed by atoms with Crippen molar-refractivity contribution in [3.8, 4) is 0 Å². The van der Waals surface area contributed by atoms with Crippen LogP contribution in [-0.4, -0.2) is 11.0 Å². The number of hydrogen-bond donors (Lipinski definition) is 2. The Morgan fingerprint density at radius 3 is 2.89 bits per heavy atom. The zero-order valence-electron chi connectivity index (χ0n) is 11.6. The first-order chi connectivity index (χ1) is 8.56. The summed E-state index contributed by atoms with van der Waals surface area (Å²) in [5, 5.41) is 3.70. The molecule has 3 heteroatoms. The van der Waals surface area contributed by atoms with E-state index < -0.39 is 0 Å². The number of fused-ring (bicyclic) bond motifs is 1. The van der Waals surface area contributed by atoms with Gasteiger partial charge < -0.3 is 10.3 Å². The molecule has 2 atom stereocenters. The van der Waals surface area contributed by atoms with Crippen LogP contribution in [0.3, 0.4) is 0 Å². The smallest absolute Gasteiger partial charge is 0.248 e. The van der Waals surface area contributed by atoms with Crippen molar-refractivity contribution in [2.45, 2.75) is 58.5 Å². The third-order valence-corrected chi connectivity index (χ3v) is 3.64. The Balaban J connectivity index is 2.10. The Hall–Kier alpha value is -1.09. The number of rotatable bonds is 4. The largest absolute Gasteiger partial charge is 0.326 e. The van der Waals surface area contributed by atoms with E-state index in [1.54, 1.807) is 6.07 Å². The summed E-state index contributed by atoms with van der Waals surface area (Å²) in [5.74, 6) is 0.714. The molecular weight excluding hydrogens is 224 g/mol. The molecule has 0 aromatic carbocycles. The van der Waals surface area contributed by atoms with Crippen molar-refractivity contribution in [1.29, 1.82) is 0 Å². The van der Waals surface area contributed by atoms with Gasteiger partial charge in [0, 0.05) is 23.8 Å². The topological polar surface area (TPSA) is 44.9 Å². The van der Waals surface area contributed by atoms with Crippen LogP contribution in [0.2, 0.25) is 0 Å². The number of nitrogens with one attached hydrogen (secondary N) is 2. The monoisotopic (exact) mass is 248 g/mol. The van der Waals surface area contributed by atoms with Crippen LogP contribution in [0, 0.1) is 5.92 Å². The maximum Gasteiger partial charge on any atom is 0.248 e. The second-order valence-electron chi connectivity index (χ2n) is 5.90. The lowest BCUT2D eigenvalue weighted by molar-refractivity contribution is 0.365. The van der Waals surface area contributed by atoms with Crippen LogP contribution in [0.1, 0.15) is 57.3 Å². The third kappa shape index (κ3) is 3.22. The molecule has 0 bridgehead atoms. The molecule has 1 aliphatic rings. The maximum absolute atomic E-state index is 11.3. The molecule has 0 radical (unpaired) electrons. The minimum Gasteiger partial charge on any atom is -0.326 e. The lowest BCUT2D eigenvalue weighted by atomic mass is 9.90. The molecule has 0 spiro atoms. The zero-order valence-corrected chi connectivity index (χ0v) is 11.6. The van der Waals surface area contributed by atoms with Gasteiger partial charge >= 0.3 is 0 Å². The van der Waals surface area contributed by atoms with Crippen molar-refractivity contribution < 1.29 is 0 Å². The van der Waals surface area contributed by atoms with Gasteiger partial charge in [-0.2, -0.15) is 0 Å². The first-order valence-corrected chi connectivity index (χ1v) is 7.04. The van der Waals surface area contributed by atoms with Crippen LogP contribution < -0.4 is 10.9 Å². The number of aromatic nitrogens is 1. The summed E-state index contributed by atoms with van der Waals surface area (Å²) in [5.41, 5.74) is 2.43. The molecule has 1 aromatic heterocycles. The molecular formula is C15H24N2O. The van der Waals surface area contributed by atoms with Gasteiger partial charge in [-0.15, -0.1) is 0 Å².